The van der Waals surface area contributed by atoms with Crippen molar-refractivity contribution in [3.8, 4) is 69.0 Å². The second kappa shape index (κ2) is 13.2. The lowest BCUT2D eigenvalue weighted by atomic mass is 9.72. The normalized spacial score (nSPS) is 18.8. The summed E-state index contributed by atoms with van der Waals surface area (Å²) in [5.74, 6) is -15.6. The van der Waals surface area contributed by atoms with Crippen molar-refractivity contribution in [1.82, 2.24) is 0 Å². The van der Waals surface area contributed by atoms with E-state index in [4.69, 9.17) is 0 Å². The molecule has 12 N–H and O–H groups in total. The van der Waals surface area contributed by atoms with Crippen molar-refractivity contribution in [3.63, 3.8) is 0 Å². The van der Waals surface area contributed by atoms with E-state index in [0.717, 1.165) is 0 Å². The highest BCUT2D eigenvalue weighted by atomic mass is 16.3. The maximum Gasteiger partial charge on any atom is 0.200 e. The standard InChI is InChI=1S/C40H48O12/c1-13(2)25-17-9-19(31(43)37(49)29(17)41)26(14(3)4)21-11-23(35(47)39(51)33(21)45)28(16(7)8)24-12-22(34(46)40(52)36(24)48)27(15(5)6)20-10-18(25)30(42)38(50)32(20)44/h9-16,25-28,41-52H,1-8H3. The number of aromatic hydroxyl groups is 12. The van der Waals surface area contributed by atoms with E-state index in [0.29, 0.717) is 0 Å². The Morgan fingerprint density at radius 3 is 0.462 bits per heavy atom. The molecule has 0 aliphatic heterocycles. The van der Waals surface area contributed by atoms with E-state index >= 15 is 0 Å². The smallest absolute Gasteiger partial charge is 0.200 e. The lowest BCUT2D eigenvalue weighted by Crippen LogP contribution is -2.17. The molecule has 5 rings (SSSR count). The molecule has 0 atom stereocenters. The van der Waals surface area contributed by atoms with Crippen molar-refractivity contribution in [3.05, 3.63) is 68.8 Å². The molecule has 0 saturated carbocycles. The molecule has 0 fully saturated rings. The van der Waals surface area contributed by atoms with Gasteiger partial charge in [-0.15, -0.1) is 0 Å². The first-order valence-corrected chi connectivity index (χ1v) is 17.3. The van der Waals surface area contributed by atoms with Gasteiger partial charge in [-0.25, -0.2) is 0 Å². The summed E-state index contributed by atoms with van der Waals surface area (Å²) in [7, 11) is 0. The Balaban J connectivity index is 2.11. The molecule has 0 radical (unpaired) electrons. The van der Waals surface area contributed by atoms with Crippen LogP contribution >= 0.6 is 0 Å². The van der Waals surface area contributed by atoms with E-state index in [1.54, 1.807) is 55.4 Å². The van der Waals surface area contributed by atoms with Crippen LogP contribution in [-0.2, 0) is 0 Å². The van der Waals surface area contributed by atoms with Crippen LogP contribution < -0.4 is 0 Å². The number of hydrogen-bond acceptors (Lipinski definition) is 12. The third kappa shape index (κ3) is 5.61. The molecule has 4 aromatic rings. The van der Waals surface area contributed by atoms with Crippen molar-refractivity contribution < 1.29 is 61.3 Å². The topological polar surface area (TPSA) is 243 Å². The van der Waals surface area contributed by atoms with E-state index in [1.807, 2.05) is 0 Å². The molecule has 0 aromatic heterocycles. The third-order valence-corrected chi connectivity index (χ3v) is 10.6. The molecule has 12 heteroatoms. The van der Waals surface area contributed by atoms with Crippen LogP contribution in [0.2, 0.25) is 0 Å². The van der Waals surface area contributed by atoms with Crippen LogP contribution in [0, 0.1) is 23.7 Å². The van der Waals surface area contributed by atoms with Crippen molar-refractivity contribution in [1.29, 1.82) is 0 Å². The molecular weight excluding hydrogens is 672 g/mol. The first-order valence-electron chi connectivity index (χ1n) is 17.3. The Morgan fingerprint density at radius 1 is 0.250 bits per heavy atom. The van der Waals surface area contributed by atoms with Crippen LogP contribution in [0.3, 0.4) is 0 Å². The minimum atomic E-state index is -1.04. The Hall–Kier alpha value is -5.52. The van der Waals surface area contributed by atoms with Gasteiger partial charge < -0.3 is 61.3 Å². The van der Waals surface area contributed by atoms with Crippen molar-refractivity contribution >= 4 is 0 Å². The summed E-state index contributed by atoms with van der Waals surface area (Å²) in [6.45, 7) is 13.9. The van der Waals surface area contributed by atoms with Gasteiger partial charge in [-0.05, 0) is 47.9 Å². The summed E-state index contributed by atoms with van der Waals surface area (Å²) in [5.41, 5.74) is 0.00491. The zero-order valence-corrected chi connectivity index (χ0v) is 30.3. The molecule has 0 spiro atoms. The Morgan fingerprint density at radius 2 is 0.365 bits per heavy atom. The molecular formula is C40H48O12. The Labute approximate surface area is 301 Å². The summed E-state index contributed by atoms with van der Waals surface area (Å²) in [4.78, 5) is 0. The van der Waals surface area contributed by atoms with Crippen molar-refractivity contribution in [2.75, 3.05) is 0 Å². The number of phenols is 12. The number of phenolic OH excluding ortho intramolecular Hbond substituents is 12. The lowest BCUT2D eigenvalue weighted by Gasteiger charge is -2.33. The van der Waals surface area contributed by atoms with E-state index in [-0.39, 0.29) is 44.5 Å². The van der Waals surface area contributed by atoms with Crippen LogP contribution in [0.5, 0.6) is 69.0 Å². The van der Waals surface area contributed by atoms with Gasteiger partial charge in [-0.2, -0.15) is 0 Å². The average Bonchev–Trinajstić information content (AvgIpc) is 3.06. The first kappa shape index (κ1) is 37.7. The van der Waals surface area contributed by atoms with E-state index in [9.17, 15) is 61.3 Å². The largest absolute Gasteiger partial charge is 0.504 e. The van der Waals surface area contributed by atoms with Gasteiger partial charge in [0.25, 0.3) is 0 Å². The van der Waals surface area contributed by atoms with E-state index in [1.165, 1.54) is 24.3 Å². The van der Waals surface area contributed by atoms with Gasteiger partial charge in [-0.1, -0.05) is 55.4 Å². The van der Waals surface area contributed by atoms with E-state index in [2.05, 4.69) is 0 Å². The maximum absolute atomic E-state index is 11.4. The van der Waals surface area contributed by atoms with E-state index < -0.39 is 116 Å². The van der Waals surface area contributed by atoms with Gasteiger partial charge in [0.15, 0.2) is 46.0 Å². The van der Waals surface area contributed by atoms with Gasteiger partial charge in [0.1, 0.15) is 0 Å². The van der Waals surface area contributed by atoms with Gasteiger partial charge in [0.05, 0.1) is 0 Å². The number of hydrogen-bond donors (Lipinski definition) is 12. The molecule has 0 heterocycles. The zero-order valence-electron chi connectivity index (χ0n) is 30.3. The Bertz CT molecular complexity index is 1660. The Kier molecular flexibility index (Phi) is 9.60. The fourth-order valence-electron chi connectivity index (χ4n) is 8.20. The third-order valence-electron chi connectivity index (χ3n) is 10.6. The fourth-order valence-corrected chi connectivity index (χ4v) is 8.20. The first-order chi connectivity index (χ1) is 24.1. The summed E-state index contributed by atoms with van der Waals surface area (Å²) in [6, 6.07) is 5.59. The van der Waals surface area contributed by atoms with Gasteiger partial charge in [0.2, 0.25) is 23.0 Å². The fraction of sp³-hybridized carbons (Fsp3) is 0.400. The highest BCUT2D eigenvalue weighted by Gasteiger charge is 2.39. The second-order valence-corrected chi connectivity index (χ2v) is 15.3. The second-order valence-electron chi connectivity index (χ2n) is 15.3. The van der Waals surface area contributed by atoms with Crippen molar-refractivity contribution in [2.45, 2.75) is 79.1 Å². The highest BCUT2D eigenvalue weighted by molar-refractivity contribution is 5.70. The highest BCUT2D eigenvalue weighted by Crippen LogP contribution is 2.59. The monoisotopic (exact) mass is 720 g/mol. The summed E-state index contributed by atoms with van der Waals surface area (Å²) >= 11 is 0. The van der Waals surface area contributed by atoms with Gasteiger partial charge in [0, 0.05) is 68.2 Å². The maximum atomic E-state index is 11.4. The molecule has 12 nitrogen and oxygen atoms in total. The molecule has 280 valence electrons. The van der Waals surface area contributed by atoms with Crippen LogP contribution in [0.15, 0.2) is 24.3 Å². The predicted octanol–water partition coefficient (Wildman–Crippen LogP) is 7.62. The quantitative estimate of drug-likeness (QED) is 0.0911. The molecule has 1 aliphatic carbocycles. The lowest BCUT2D eigenvalue weighted by molar-refractivity contribution is 0.341. The summed E-state index contributed by atoms with van der Waals surface area (Å²) < 4.78 is 0. The summed E-state index contributed by atoms with van der Waals surface area (Å²) in [6.07, 6.45) is 0. The zero-order chi connectivity index (χ0) is 39.0. The van der Waals surface area contributed by atoms with Crippen LogP contribution in [0.4, 0.5) is 0 Å². The van der Waals surface area contributed by atoms with Gasteiger partial charge >= 0.3 is 0 Å². The molecule has 4 aromatic carbocycles. The SMILES string of the molecule is CC(C)C1c2cc(c(O)c(O)c2O)C(C(C)C)c2cc(c(O)c(O)c2O)C(C(C)C)c2cc(c(O)c(O)c2O)C(C(C)C)c2cc1c(O)c(O)c2O. The molecule has 0 amide bonds. The number of rotatable bonds is 4. The van der Waals surface area contributed by atoms with Crippen LogP contribution in [-0.4, -0.2) is 61.3 Å². The van der Waals surface area contributed by atoms with Crippen LogP contribution in [0.25, 0.3) is 0 Å². The number of fused-ring (bicyclic) bond motifs is 8. The molecule has 0 unspecified atom stereocenters. The molecule has 52 heavy (non-hydrogen) atoms. The number of benzene rings is 4. The summed E-state index contributed by atoms with van der Waals surface area (Å²) in [5, 5.41) is 136. The minimum Gasteiger partial charge on any atom is -0.504 e. The van der Waals surface area contributed by atoms with Crippen LogP contribution in [0.1, 0.15) is 124 Å². The molecule has 8 bridgehead atoms. The molecule has 1 aliphatic rings. The predicted molar refractivity (Wildman–Crippen MR) is 192 cm³/mol. The average molecular weight is 721 g/mol. The van der Waals surface area contributed by atoms with Gasteiger partial charge in [-0.3, -0.25) is 0 Å². The molecule has 0 saturated heterocycles. The minimum absolute atomic E-state index is 0.000614. The van der Waals surface area contributed by atoms with Crippen molar-refractivity contribution in [2.24, 2.45) is 23.7 Å².